The molecule has 28 heavy (non-hydrogen) atoms. The van der Waals surface area contributed by atoms with Crippen molar-refractivity contribution in [2.45, 2.75) is 30.7 Å². The molecule has 2 fully saturated rings. The molecule has 1 aromatic heterocycles. The molecule has 2 heterocycles. The van der Waals surface area contributed by atoms with Gasteiger partial charge in [0.25, 0.3) is 0 Å². The summed E-state index contributed by atoms with van der Waals surface area (Å²) in [7, 11) is 1.79. The number of nitrogens with one attached hydrogen (secondary N) is 2. The lowest BCUT2D eigenvalue weighted by Gasteiger charge is -2.22. The van der Waals surface area contributed by atoms with E-state index in [1.165, 1.54) is 24.5 Å². The highest BCUT2D eigenvalue weighted by Crippen LogP contribution is 2.48. The maximum Gasteiger partial charge on any atom is 0.191 e. The highest BCUT2D eigenvalue weighted by molar-refractivity contribution is 9.10. The van der Waals surface area contributed by atoms with Crippen LogP contribution in [0.4, 0.5) is 10.2 Å². The van der Waals surface area contributed by atoms with E-state index in [0.29, 0.717) is 12.4 Å². The molecule has 1 saturated heterocycles. The van der Waals surface area contributed by atoms with Crippen molar-refractivity contribution in [3.05, 3.63) is 58.4 Å². The molecule has 1 aliphatic carbocycles. The third kappa shape index (κ3) is 4.14. The number of benzene rings is 1. The summed E-state index contributed by atoms with van der Waals surface area (Å²) < 4.78 is 15.1. The topological polar surface area (TPSA) is 52.6 Å². The minimum atomic E-state index is -0.268. The zero-order valence-corrected chi connectivity index (χ0v) is 17.5. The van der Waals surface area contributed by atoms with Crippen LogP contribution in [0.2, 0.25) is 0 Å². The van der Waals surface area contributed by atoms with Crippen molar-refractivity contribution in [3.63, 3.8) is 0 Å². The zero-order chi connectivity index (χ0) is 19.6. The van der Waals surface area contributed by atoms with Gasteiger partial charge in [0.05, 0.1) is 0 Å². The van der Waals surface area contributed by atoms with Crippen molar-refractivity contribution in [3.8, 4) is 0 Å². The normalized spacial score (nSPS) is 20.9. The van der Waals surface area contributed by atoms with Gasteiger partial charge in [-0.25, -0.2) is 9.37 Å². The Hall–Kier alpha value is -2.15. The molecule has 1 aromatic carbocycles. The van der Waals surface area contributed by atoms with E-state index in [1.54, 1.807) is 19.3 Å². The predicted octanol–water partition coefficient (Wildman–Crippen LogP) is 3.46. The number of rotatable bonds is 5. The van der Waals surface area contributed by atoms with Crippen LogP contribution in [0, 0.1) is 5.82 Å². The molecule has 0 spiro atoms. The van der Waals surface area contributed by atoms with E-state index in [9.17, 15) is 4.39 Å². The van der Waals surface area contributed by atoms with Crippen LogP contribution in [0.5, 0.6) is 0 Å². The summed E-state index contributed by atoms with van der Waals surface area (Å²) in [6.45, 7) is 2.35. The first-order chi connectivity index (χ1) is 13.6. The Morgan fingerprint density at radius 2 is 2.21 bits per heavy atom. The Morgan fingerprint density at radius 3 is 2.93 bits per heavy atom. The van der Waals surface area contributed by atoms with Crippen molar-refractivity contribution < 1.29 is 4.39 Å². The van der Waals surface area contributed by atoms with Crippen molar-refractivity contribution >= 4 is 27.7 Å². The summed E-state index contributed by atoms with van der Waals surface area (Å²) in [5, 5.41) is 6.98. The van der Waals surface area contributed by atoms with E-state index in [0.717, 1.165) is 29.9 Å². The molecule has 2 N–H and O–H groups in total. The summed E-state index contributed by atoms with van der Waals surface area (Å²) in [4.78, 5) is 10.6. The molecule has 0 amide bonds. The third-order valence-corrected chi connectivity index (χ3v) is 6.17. The van der Waals surface area contributed by atoms with Crippen LogP contribution >= 0.6 is 15.9 Å². The summed E-state index contributed by atoms with van der Waals surface area (Å²) in [6.07, 6.45) is 4.93. The van der Waals surface area contributed by atoms with Gasteiger partial charge in [0.1, 0.15) is 0 Å². The van der Waals surface area contributed by atoms with E-state index >= 15 is 0 Å². The van der Waals surface area contributed by atoms with Crippen molar-refractivity contribution in [2.24, 2.45) is 4.99 Å². The molecule has 0 radical (unpaired) electrons. The van der Waals surface area contributed by atoms with E-state index in [1.807, 2.05) is 4.90 Å². The van der Waals surface area contributed by atoms with Gasteiger partial charge in [-0.2, -0.15) is 0 Å². The van der Waals surface area contributed by atoms with E-state index in [-0.39, 0.29) is 17.3 Å². The number of aliphatic imine (C=N–C) groups is 1. The molecule has 1 unspecified atom stereocenters. The Labute approximate surface area is 173 Å². The number of aromatic nitrogens is 1. The number of anilines is 1. The first-order valence-electron chi connectivity index (χ1n) is 9.68. The molecule has 5 nitrogen and oxygen atoms in total. The maximum atomic E-state index is 14.0. The molecule has 4 rings (SSSR count). The van der Waals surface area contributed by atoms with Gasteiger partial charge in [-0.3, -0.25) is 4.99 Å². The van der Waals surface area contributed by atoms with Gasteiger partial charge >= 0.3 is 0 Å². The molecule has 1 aliphatic heterocycles. The second-order valence-corrected chi connectivity index (χ2v) is 8.52. The molecule has 7 heteroatoms. The Morgan fingerprint density at radius 1 is 1.36 bits per heavy atom. The molecule has 2 aliphatic rings. The number of pyridine rings is 1. The van der Waals surface area contributed by atoms with Crippen LogP contribution in [-0.4, -0.2) is 43.7 Å². The Kier molecular flexibility index (Phi) is 5.53. The van der Waals surface area contributed by atoms with Crippen LogP contribution in [0.1, 0.15) is 24.8 Å². The van der Waals surface area contributed by atoms with Crippen LogP contribution in [0.15, 0.2) is 52.1 Å². The highest BCUT2D eigenvalue weighted by Gasteiger charge is 2.44. The molecule has 2 aromatic rings. The highest BCUT2D eigenvalue weighted by atomic mass is 79.9. The van der Waals surface area contributed by atoms with Crippen molar-refractivity contribution in [1.82, 2.24) is 15.6 Å². The number of nitrogens with zero attached hydrogens (tertiary/aromatic N) is 3. The third-order valence-electron chi connectivity index (χ3n) is 5.68. The quantitative estimate of drug-likeness (QED) is 0.546. The van der Waals surface area contributed by atoms with Gasteiger partial charge in [-0.05, 0) is 49.1 Å². The lowest BCUT2D eigenvalue weighted by molar-refractivity contribution is 0.606. The van der Waals surface area contributed by atoms with E-state index in [4.69, 9.17) is 0 Å². The first kappa shape index (κ1) is 19.2. The van der Waals surface area contributed by atoms with Gasteiger partial charge in [0, 0.05) is 48.8 Å². The minimum absolute atomic E-state index is 0.195. The number of guanidine groups is 1. The molecular weight excluding hydrogens is 421 g/mol. The Bertz CT molecular complexity index is 867. The Balaban J connectivity index is 1.33. The zero-order valence-electron chi connectivity index (χ0n) is 16.0. The summed E-state index contributed by atoms with van der Waals surface area (Å²) in [5.41, 5.74) is 1.56. The van der Waals surface area contributed by atoms with E-state index in [2.05, 4.69) is 60.8 Å². The largest absolute Gasteiger partial charge is 0.356 e. The average Bonchev–Trinajstić information content (AvgIpc) is 3.36. The maximum absolute atomic E-state index is 14.0. The van der Waals surface area contributed by atoms with Crippen LogP contribution in [0.3, 0.4) is 0 Å². The molecule has 148 valence electrons. The first-order valence-corrected chi connectivity index (χ1v) is 10.5. The molecule has 1 atom stereocenters. The standard InChI is InChI=1S/C21H25BrFN5/c1-24-20(26-14-21(8-9-21)15-4-2-5-16(22)12-15)27-17-7-11-28(13-17)19-18(23)6-3-10-25-19/h2-6,10,12,17H,7-9,11,13-14H2,1H3,(H2,24,26,27). The number of hydrogen-bond donors (Lipinski definition) is 2. The van der Waals surface area contributed by atoms with Crippen molar-refractivity contribution in [1.29, 1.82) is 0 Å². The molecular formula is C21H25BrFN5. The molecule has 1 saturated carbocycles. The van der Waals surface area contributed by atoms with Crippen LogP contribution in [0.25, 0.3) is 0 Å². The summed E-state index contributed by atoms with van der Waals surface area (Å²) >= 11 is 3.57. The van der Waals surface area contributed by atoms with Crippen molar-refractivity contribution in [2.75, 3.05) is 31.6 Å². The van der Waals surface area contributed by atoms with Crippen LogP contribution < -0.4 is 15.5 Å². The molecule has 0 bridgehead atoms. The predicted molar refractivity (Wildman–Crippen MR) is 114 cm³/mol. The fourth-order valence-corrected chi connectivity index (χ4v) is 4.26. The number of hydrogen-bond acceptors (Lipinski definition) is 3. The van der Waals surface area contributed by atoms with Gasteiger partial charge in [-0.1, -0.05) is 28.1 Å². The van der Waals surface area contributed by atoms with E-state index < -0.39 is 0 Å². The SMILES string of the molecule is CN=C(NCC1(c2cccc(Br)c2)CC1)NC1CCN(c2ncccc2F)C1. The fraction of sp³-hybridized carbons (Fsp3) is 0.429. The van der Waals surface area contributed by atoms with Gasteiger partial charge in [0.2, 0.25) is 0 Å². The van der Waals surface area contributed by atoms with Gasteiger partial charge < -0.3 is 15.5 Å². The summed E-state index contributed by atoms with van der Waals surface area (Å²) in [5.74, 6) is 0.964. The number of halogens is 2. The fourth-order valence-electron chi connectivity index (χ4n) is 3.86. The average molecular weight is 446 g/mol. The smallest absolute Gasteiger partial charge is 0.191 e. The van der Waals surface area contributed by atoms with Gasteiger partial charge in [-0.15, -0.1) is 0 Å². The second-order valence-electron chi connectivity index (χ2n) is 7.60. The summed E-state index contributed by atoms with van der Waals surface area (Å²) in [6, 6.07) is 11.9. The van der Waals surface area contributed by atoms with Gasteiger partial charge in [0.15, 0.2) is 17.6 Å². The second kappa shape index (κ2) is 8.07. The lowest BCUT2D eigenvalue weighted by atomic mass is 9.96. The lowest BCUT2D eigenvalue weighted by Crippen LogP contribution is -2.46. The minimum Gasteiger partial charge on any atom is -0.356 e. The monoisotopic (exact) mass is 445 g/mol. The van der Waals surface area contributed by atoms with Crippen LogP contribution in [-0.2, 0) is 5.41 Å².